The summed E-state index contributed by atoms with van der Waals surface area (Å²) in [7, 11) is 0. The first-order valence-corrected chi connectivity index (χ1v) is 3.94. The second kappa shape index (κ2) is 3.94. The summed E-state index contributed by atoms with van der Waals surface area (Å²) in [6.07, 6.45) is 2.12. The maximum Gasteiger partial charge on any atom is 0.0835 e. The predicted octanol–water partition coefficient (Wildman–Crippen LogP) is 3.00. The highest BCUT2D eigenvalue weighted by molar-refractivity contribution is 8.00. The lowest BCUT2D eigenvalue weighted by Crippen LogP contribution is -2.07. The molecule has 0 spiro atoms. The quantitative estimate of drug-likeness (QED) is 0.580. The number of thioether (sulfide) groups is 1. The zero-order valence-corrected chi connectivity index (χ0v) is 6.96. The summed E-state index contributed by atoms with van der Waals surface area (Å²) in [6.45, 7) is 6.34. The molecule has 0 heterocycles. The van der Waals surface area contributed by atoms with Gasteiger partial charge in [-0.15, -0.1) is 0 Å². The molecule has 0 rings (SSSR count). The van der Waals surface area contributed by atoms with Crippen LogP contribution in [0.4, 0.5) is 4.39 Å². The summed E-state index contributed by atoms with van der Waals surface area (Å²) in [4.78, 5) is 0. The minimum absolute atomic E-state index is 0.250. The van der Waals surface area contributed by atoms with Gasteiger partial charge in [0.05, 0.1) is 6.33 Å². The van der Waals surface area contributed by atoms with Crippen molar-refractivity contribution in [2.75, 3.05) is 5.75 Å². The first-order valence-electron chi connectivity index (χ1n) is 2.95. The molecule has 0 atom stereocenters. The van der Waals surface area contributed by atoms with Crippen LogP contribution in [-0.2, 0) is 0 Å². The van der Waals surface area contributed by atoms with E-state index in [1.807, 2.05) is 0 Å². The molecule has 0 aliphatic rings. The molecule has 0 radical (unpaired) electrons. The molecule has 0 amide bonds. The van der Waals surface area contributed by atoms with E-state index in [2.05, 4.69) is 20.8 Å². The van der Waals surface area contributed by atoms with Crippen molar-refractivity contribution in [3.05, 3.63) is 12.4 Å². The van der Waals surface area contributed by atoms with Crippen LogP contribution in [0, 0.1) is 0 Å². The van der Waals surface area contributed by atoms with E-state index < -0.39 is 0 Å². The average Bonchev–Trinajstić information content (AvgIpc) is 1.63. The third-order valence-electron chi connectivity index (χ3n) is 0.702. The maximum absolute atomic E-state index is 11.4. The molecular weight excluding hydrogens is 135 g/mol. The lowest BCUT2D eigenvalue weighted by molar-refractivity contribution is 0.719. The molecule has 0 aromatic carbocycles. The molecule has 0 aliphatic heterocycles. The van der Waals surface area contributed by atoms with Gasteiger partial charge in [-0.1, -0.05) is 20.8 Å². The van der Waals surface area contributed by atoms with Gasteiger partial charge in [-0.3, -0.25) is 0 Å². The van der Waals surface area contributed by atoms with Gasteiger partial charge in [-0.2, -0.15) is 11.8 Å². The van der Waals surface area contributed by atoms with E-state index in [4.69, 9.17) is 0 Å². The van der Waals surface area contributed by atoms with Crippen molar-refractivity contribution in [2.24, 2.45) is 0 Å². The fourth-order valence-electron chi connectivity index (χ4n) is 0.334. The van der Waals surface area contributed by atoms with Gasteiger partial charge in [0.2, 0.25) is 0 Å². The highest BCUT2D eigenvalue weighted by Gasteiger charge is 2.07. The zero-order chi connectivity index (χ0) is 7.33. The molecule has 0 saturated carbocycles. The fourth-order valence-corrected chi connectivity index (χ4v) is 1.00. The van der Waals surface area contributed by atoms with Crippen LogP contribution in [0.1, 0.15) is 20.8 Å². The molecule has 0 nitrogen and oxygen atoms in total. The first-order chi connectivity index (χ1) is 4.06. The van der Waals surface area contributed by atoms with Crippen LogP contribution in [0.2, 0.25) is 0 Å². The molecule has 0 bridgehead atoms. The average molecular weight is 148 g/mol. The predicted molar refractivity (Wildman–Crippen MR) is 42.5 cm³/mol. The van der Waals surface area contributed by atoms with Crippen molar-refractivity contribution >= 4 is 11.8 Å². The summed E-state index contributed by atoms with van der Waals surface area (Å²) in [5, 5.41) is 0. The first kappa shape index (κ1) is 9.02. The van der Waals surface area contributed by atoms with Gasteiger partial charge in [0.15, 0.2) is 0 Å². The third kappa shape index (κ3) is 8.02. The molecule has 0 N–H and O–H groups in total. The number of hydrogen-bond acceptors (Lipinski definition) is 1. The van der Waals surface area contributed by atoms with Gasteiger partial charge in [0, 0.05) is 10.5 Å². The van der Waals surface area contributed by atoms with E-state index in [1.54, 1.807) is 11.8 Å². The number of halogens is 1. The SMILES string of the molecule is CC(C)(C)SC/C=C\F. The third-order valence-corrected chi connectivity index (χ3v) is 1.93. The standard InChI is InChI=1S/C7H13FS/c1-7(2,3)9-6-4-5-8/h4-5H,6H2,1-3H3/b5-4-. The summed E-state index contributed by atoms with van der Waals surface area (Å²) < 4.78 is 11.6. The fraction of sp³-hybridized carbons (Fsp3) is 0.714. The Kier molecular flexibility index (Phi) is 3.95. The summed E-state index contributed by atoms with van der Waals surface area (Å²) >= 11 is 1.73. The lowest BCUT2D eigenvalue weighted by Gasteiger charge is -2.15. The molecule has 0 aromatic heterocycles. The molecule has 0 unspecified atom stereocenters. The van der Waals surface area contributed by atoms with Gasteiger partial charge < -0.3 is 0 Å². The second-order valence-corrected chi connectivity index (χ2v) is 4.63. The molecule has 0 saturated heterocycles. The molecule has 0 aromatic rings. The van der Waals surface area contributed by atoms with Crippen LogP contribution < -0.4 is 0 Å². The van der Waals surface area contributed by atoms with Crippen LogP contribution in [0.25, 0.3) is 0 Å². The van der Waals surface area contributed by atoms with Crippen molar-refractivity contribution in [2.45, 2.75) is 25.5 Å². The molecule has 0 fully saturated rings. The minimum Gasteiger partial charge on any atom is -0.216 e. The summed E-state index contributed by atoms with van der Waals surface area (Å²) in [5.74, 6) is 0.764. The Morgan fingerprint density at radius 1 is 1.44 bits per heavy atom. The van der Waals surface area contributed by atoms with Gasteiger partial charge in [-0.05, 0) is 6.08 Å². The van der Waals surface area contributed by atoms with E-state index in [-0.39, 0.29) is 4.75 Å². The van der Waals surface area contributed by atoms with Crippen LogP contribution in [0.5, 0.6) is 0 Å². The normalized spacial score (nSPS) is 12.9. The van der Waals surface area contributed by atoms with Gasteiger partial charge in [0.25, 0.3) is 0 Å². The second-order valence-electron chi connectivity index (χ2n) is 2.79. The number of hydrogen-bond donors (Lipinski definition) is 0. The Morgan fingerprint density at radius 2 is 2.00 bits per heavy atom. The Balaban J connectivity index is 3.28. The van der Waals surface area contributed by atoms with Crippen LogP contribution in [0.15, 0.2) is 12.4 Å². The van der Waals surface area contributed by atoms with Crippen molar-refractivity contribution in [1.29, 1.82) is 0 Å². The van der Waals surface area contributed by atoms with Crippen molar-refractivity contribution in [1.82, 2.24) is 0 Å². The van der Waals surface area contributed by atoms with Crippen LogP contribution in [-0.4, -0.2) is 10.5 Å². The molecular formula is C7H13FS. The Hall–Kier alpha value is 0.0200. The van der Waals surface area contributed by atoms with E-state index in [0.717, 1.165) is 5.75 Å². The van der Waals surface area contributed by atoms with Crippen molar-refractivity contribution < 1.29 is 4.39 Å². The monoisotopic (exact) mass is 148 g/mol. The largest absolute Gasteiger partial charge is 0.216 e. The van der Waals surface area contributed by atoms with E-state index in [0.29, 0.717) is 6.33 Å². The van der Waals surface area contributed by atoms with E-state index >= 15 is 0 Å². The van der Waals surface area contributed by atoms with Gasteiger partial charge >= 0.3 is 0 Å². The van der Waals surface area contributed by atoms with E-state index in [9.17, 15) is 4.39 Å². The topological polar surface area (TPSA) is 0 Å². The van der Waals surface area contributed by atoms with Crippen LogP contribution >= 0.6 is 11.8 Å². The molecule has 2 heteroatoms. The zero-order valence-electron chi connectivity index (χ0n) is 6.15. The van der Waals surface area contributed by atoms with Gasteiger partial charge in [0.1, 0.15) is 0 Å². The Morgan fingerprint density at radius 3 is 2.33 bits per heavy atom. The minimum atomic E-state index is 0.250. The maximum atomic E-state index is 11.4. The molecule has 0 aliphatic carbocycles. The lowest BCUT2D eigenvalue weighted by atomic mass is 10.3. The Labute approximate surface area is 60.5 Å². The van der Waals surface area contributed by atoms with Gasteiger partial charge in [-0.25, -0.2) is 4.39 Å². The van der Waals surface area contributed by atoms with Crippen LogP contribution in [0.3, 0.4) is 0 Å². The highest BCUT2D eigenvalue weighted by atomic mass is 32.2. The molecule has 54 valence electrons. The van der Waals surface area contributed by atoms with E-state index in [1.165, 1.54) is 6.08 Å². The Bertz CT molecular complexity index is 91.6. The van der Waals surface area contributed by atoms with Crippen molar-refractivity contribution in [3.8, 4) is 0 Å². The summed E-state index contributed by atoms with van der Waals surface area (Å²) in [5.41, 5.74) is 0. The smallest absolute Gasteiger partial charge is 0.0835 e. The number of rotatable bonds is 2. The van der Waals surface area contributed by atoms with Crippen molar-refractivity contribution in [3.63, 3.8) is 0 Å². The summed E-state index contributed by atoms with van der Waals surface area (Å²) in [6, 6.07) is 0. The highest BCUT2D eigenvalue weighted by Crippen LogP contribution is 2.22. The molecule has 9 heavy (non-hydrogen) atoms.